The molecule has 4 nitrogen and oxygen atoms in total. The van der Waals surface area contributed by atoms with Gasteiger partial charge in [0.05, 0.1) is 45.5 Å². The van der Waals surface area contributed by atoms with E-state index >= 15 is 0 Å². The largest absolute Gasteiger partial charge is 0.307 e. The summed E-state index contributed by atoms with van der Waals surface area (Å²) in [6, 6.07) is 36.8. The molecule has 5 heteroatoms. The van der Waals surface area contributed by atoms with Crippen molar-refractivity contribution in [2.24, 2.45) is 0 Å². The third kappa shape index (κ3) is 2.94. The van der Waals surface area contributed by atoms with E-state index in [9.17, 15) is 10.5 Å². The van der Waals surface area contributed by atoms with Gasteiger partial charge in [0.15, 0.2) is 0 Å². The maximum Gasteiger partial charge on any atom is 0.0992 e. The van der Waals surface area contributed by atoms with Crippen LogP contribution in [0.25, 0.3) is 59.1 Å². The molecule has 0 aliphatic carbocycles. The molecule has 0 saturated carbocycles. The zero-order valence-electron chi connectivity index (χ0n) is 18.9. The van der Waals surface area contributed by atoms with Crippen LogP contribution < -0.4 is 0 Å². The summed E-state index contributed by atoms with van der Waals surface area (Å²) in [5, 5.41) is 22.7. The van der Waals surface area contributed by atoms with Crippen molar-refractivity contribution in [3.05, 3.63) is 108 Å². The number of thiophene rings is 1. The van der Waals surface area contributed by atoms with Gasteiger partial charge in [0, 0.05) is 36.8 Å². The Balaban J connectivity index is 1.69. The molecule has 0 N–H and O–H groups in total. The summed E-state index contributed by atoms with van der Waals surface area (Å²) in [7, 11) is 0. The van der Waals surface area contributed by atoms with Crippen molar-refractivity contribution >= 4 is 53.4 Å². The molecule has 0 bridgehead atoms. The van der Waals surface area contributed by atoms with E-state index in [1.807, 2.05) is 36.4 Å². The fourth-order valence-electron chi connectivity index (χ4n) is 5.08. The van der Waals surface area contributed by atoms with Crippen LogP contribution in [-0.4, -0.2) is 9.55 Å². The van der Waals surface area contributed by atoms with Gasteiger partial charge in [0.1, 0.15) is 0 Å². The summed E-state index contributed by atoms with van der Waals surface area (Å²) in [6.45, 7) is 0. The highest BCUT2D eigenvalue weighted by Gasteiger charge is 2.20. The quantitative estimate of drug-likeness (QED) is 0.254. The fraction of sp³-hybridized carbons (Fsp3) is 0. The average molecular weight is 477 g/mol. The van der Waals surface area contributed by atoms with E-state index < -0.39 is 0 Å². The molecule has 7 rings (SSSR count). The van der Waals surface area contributed by atoms with Gasteiger partial charge in [-0.2, -0.15) is 10.5 Å². The van der Waals surface area contributed by atoms with Crippen molar-refractivity contribution in [1.29, 1.82) is 10.5 Å². The van der Waals surface area contributed by atoms with E-state index in [-0.39, 0.29) is 0 Å². The summed E-state index contributed by atoms with van der Waals surface area (Å²) in [6.07, 6.45) is 0. The van der Waals surface area contributed by atoms with Crippen molar-refractivity contribution in [1.82, 2.24) is 9.55 Å². The Morgan fingerprint density at radius 1 is 0.694 bits per heavy atom. The molecule has 4 aromatic carbocycles. The Kier molecular flexibility index (Phi) is 4.41. The van der Waals surface area contributed by atoms with Gasteiger partial charge < -0.3 is 4.57 Å². The third-order valence-corrected chi connectivity index (χ3v) is 7.75. The van der Waals surface area contributed by atoms with Crippen LogP contribution in [-0.2, 0) is 0 Å². The second-order valence-electron chi connectivity index (χ2n) is 8.69. The van der Waals surface area contributed by atoms with Crippen LogP contribution in [0.5, 0.6) is 0 Å². The van der Waals surface area contributed by atoms with E-state index in [4.69, 9.17) is 4.98 Å². The maximum absolute atomic E-state index is 9.67. The Hall–Kier alpha value is -4.97. The van der Waals surface area contributed by atoms with Gasteiger partial charge in [0.2, 0.25) is 0 Å². The lowest BCUT2D eigenvalue weighted by atomic mass is 10.1. The van der Waals surface area contributed by atoms with Crippen LogP contribution in [0.1, 0.15) is 11.1 Å². The van der Waals surface area contributed by atoms with E-state index in [2.05, 4.69) is 71.3 Å². The normalized spacial score (nSPS) is 11.3. The van der Waals surface area contributed by atoms with Gasteiger partial charge >= 0.3 is 0 Å². The molecule has 0 amide bonds. The predicted molar refractivity (Wildman–Crippen MR) is 146 cm³/mol. The number of rotatable bonds is 2. The van der Waals surface area contributed by atoms with Crippen LogP contribution in [0.3, 0.4) is 0 Å². The smallest absolute Gasteiger partial charge is 0.0992 e. The summed E-state index contributed by atoms with van der Waals surface area (Å²) in [4.78, 5) is 5.13. The van der Waals surface area contributed by atoms with Crippen LogP contribution in [0.4, 0.5) is 0 Å². The van der Waals surface area contributed by atoms with Gasteiger partial charge in [0.25, 0.3) is 0 Å². The number of aromatic nitrogens is 2. The minimum Gasteiger partial charge on any atom is -0.307 e. The van der Waals surface area contributed by atoms with E-state index in [0.717, 1.165) is 44.3 Å². The average Bonchev–Trinajstić information content (AvgIpc) is 3.48. The lowest BCUT2D eigenvalue weighted by molar-refractivity contribution is 1.17. The second-order valence-corrected chi connectivity index (χ2v) is 9.77. The van der Waals surface area contributed by atoms with Crippen molar-refractivity contribution < 1.29 is 0 Å². The number of pyridine rings is 1. The first-order valence-corrected chi connectivity index (χ1v) is 12.3. The minimum absolute atomic E-state index is 0.454. The number of nitriles is 2. The molecule has 0 unspecified atom stereocenters. The Morgan fingerprint density at radius 3 is 2.22 bits per heavy atom. The first kappa shape index (κ1) is 20.4. The lowest BCUT2D eigenvalue weighted by Gasteiger charge is -2.10. The highest BCUT2D eigenvalue weighted by atomic mass is 32.1. The molecule has 0 aliphatic rings. The predicted octanol–water partition coefficient (Wildman–Crippen LogP) is 7.96. The maximum atomic E-state index is 9.67. The van der Waals surface area contributed by atoms with E-state index in [1.54, 1.807) is 17.4 Å². The molecule has 3 heterocycles. The van der Waals surface area contributed by atoms with Gasteiger partial charge in [-0.25, -0.2) is 4.98 Å². The molecule has 0 atom stereocenters. The molecule has 166 valence electrons. The highest BCUT2D eigenvalue weighted by molar-refractivity contribution is 7.26. The SMILES string of the molecule is N#Cc1cc(C#N)cc(-n2c3ccc(-c4ccccc4)nc3c3ccc4sc5ccccc5c4c32)c1. The summed E-state index contributed by atoms with van der Waals surface area (Å²) < 4.78 is 4.57. The first-order chi connectivity index (χ1) is 17.7. The summed E-state index contributed by atoms with van der Waals surface area (Å²) in [5.41, 5.74) is 6.52. The van der Waals surface area contributed by atoms with Crippen molar-refractivity contribution in [2.75, 3.05) is 0 Å². The standard InChI is InChI=1S/C31H16N4S/c32-17-19-14-20(18-33)16-22(15-19)35-26-12-11-25(21-6-2-1-3-7-21)34-30(26)24-10-13-28-29(31(24)35)23-8-4-5-9-27(23)36-28/h1-16H. The lowest BCUT2D eigenvalue weighted by Crippen LogP contribution is -1.97. The molecule has 0 spiro atoms. The Labute approximate surface area is 210 Å². The topological polar surface area (TPSA) is 65.4 Å². The summed E-state index contributed by atoms with van der Waals surface area (Å²) in [5.74, 6) is 0. The number of fused-ring (bicyclic) bond motifs is 7. The van der Waals surface area contributed by atoms with Crippen molar-refractivity contribution in [3.8, 4) is 29.1 Å². The molecule has 3 aromatic heterocycles. The zero-order valence-corrected chi connectivity index (χ0v) is 19.8. The molecule has 0 saturated heterocycles. The molecule has 36 heavy (non-hydrogen) atoms. The number of benzene rings is 4. The molecular formula is C31H16N4S. The third-order valence-electron chi connectivity index (χ3n) is 6.61. The van der Waals surface area contributed by atoms with Crippen LogP contribution >= 0.6 is 11.3 Å². The molecule has 0 aliphatic heterocycles. The highest BCUT2D eigenvalue weighted by Crippen LogP contribution is 2.43. The second kappa shape index (κ2) is 7.78. The van der Waals surface area contributed by atoms with Crippen molar-refractivity contribution in [3.63, 3.8) is 0 Å². The van der Waals surface area contributed by atoms with E-state index in [0.29, 0.717) is 11.1 Å². The number of hydrogen-bond acceptors (Lipinski definition) is 4. The van der Waals surface area contributed by atoms with Gasteiger partial charge in [-0.3, -0.25) is 0 Å². The monoisotopic (exact) mass is 476 g/mol. The van der Waals surface area contributed by atoms with Crippen LogP contribution in [0.2, 0.25) is 0 Å². The van der Waals surface area contributed by atoms with Crippen molar-refractivity contribution in [2.45, 2.75) is 0 Å². The van der Waals surface area contributed by atoms with Crippen LogP contribution in [0, 0.1) is 22.7 Å². The number of nitrogens with zero attached hydrogens (tertiary/aromatic N) is 4. The first-order valence-electron chi connectivity index (χ1n) is 11.5. The van der Waals surface area contributed by atoms with Crippen LogP contribution in [0.15, 0.2) is 97.1 Å². The zero-order chi connectivity index (χ0) is 24.2. The molecular weight excluding hydrogens is 460 g/mol. The Morgan fingerprint density at radius 2 is 1.44 bits per heavy atom. The number of hydrogen-bond donors (Lipinski definition) is 0. The summed E-state index contributed by atoms with van der Waals surface area (Å²) >= 11 is 1.77. The molecule has 0 radical (unpaired) electrons. The van der Waals surface area contributed by atoms with Gasteiger partial charge in [-0.1, -0.05) is 48.5 Å². The minimum atomic E-state index is 0.454. The molecule has 0 fully saturated rings. The van der Waals surface area contributed by atoms with E-state index in [1.165, 1.54) is 14.8 Å². The van der Waals surface area contributed by atoms with Gasteiger partial charge in [-0.15, -0.1) is 11.3 Å². The van der Waals surface area contributed by atoms with Gasteiger partial charge in [-0.05, 0) is 48.5 Å². The Bertz CT molecular complexity index is 2040. The fourth-order valence-corrected chi connectivity index (χ4v) is 6.19. The molecule has 7 aromatic rings.